The minimum atomic E-state index is -3.56. The van der Waals surface area contributed by atoms with Crippen LogP contribution in [0.1, 0.15) is 24.5 Å². The van der Waals surface area contributed by atoms with Gasteiger partial charge in [0.2, 0.25) is 15.9 Å². The van der Waals surface area contributed by atoms with E-state index in [1.807, 2.05) is 13.8 Å². The molecule has 7 heteroatoms. The number of sulfonamides is 1. The Hall–Kier alpha value is -1.60. The van der Waals surface area contributed by atoms with Gasteiger partial charge in [-0.1, -0.05) is 6.92 Å². The van der Waals surface area contributed by atoms with E-state index in [2.05, 4.69) is 0 Å². The molecule has 1 aliphatic heterocycles. The van der Waals surface area contributed by atoms with E-state index in [1.165, 1.54) is 4.31 Å². The fourth-order valence-electron chi connectivity index (χ4n) is 2.81. The number of benzene rings is 1. The molecule has 1 aromatic carbocycles. The molecule has 6 nitrogen and oxygen atoms in total. The Balaban J connectivity index is 2.24. The fourth-order valence-corrected chi connectivity index (χ4v) is 4.51. The van der Waals surface area contributed by atoms with E-state index >= 15 is 0 Å². The van der Waals surface area contributed by atoms with E-state index in [1.54, 1.807) is 31.1 Å². The van der Waals surface area contributed by atoms with Gasteiger partial charge in [0.15, 0.2) is 0 Å². The summed E-state index contributed by atoms with van der Waals surface area (Å²) < 4.78 is 32.5. The van der Waals surface area contributed by atoms with Gasteiger partial charge in [0, 0.05) is 32.6 Å². The molecular formula is C16H24N2O4S. The molecule has 1 saturated heterocycles. The molecule has 1 fully saturated rings. The second kappa shape index (κ2) is 6.88. The van der Waals surface area contributed by atoms with Crippen LogP contribution in [0.2, 0.25) is 0 Å². The third-order valence-electron chi connectivity index (χ3n) is 4.42. The van der Waals surface area contributed by atoms with Crippen molar-refractivity contribution in [2.24, 2.45) is 0 Å². The van der Waals surface area contributed by atoms with Crippen molar-refractivity contribution in [2.45, 2.75) is 32.1 Å². The number of methoxy groups -OCH3 is 1. The Morgan fingerprint density at radius 3 is 2.26 bits per heavy atom. The van der Waals surface area contributed by atoms with E-state index in [-0.39, 0.29) is 5.91 Å². The first-order valence-electron chi connectivity index (χ1n) is 7.75. The summed E-state index contributed by atoms with van der Waals surface area (Å²) in [4.78, 5) is 13.7. The van der Waals surface area contributed by atoms with E-state index < -0.39 is 10.0 Å². The fraction of sp³-hybridized carbons (Fsp3) is 0.562. The monoisotopic (exact) mass is 340 g/mol. The molecule has 1 aromatic rings. The number of carbonyl (C=O) groups is 1. The number of hydrogen-bond donors (Lipinski definition) is 0. The molecule has 0 spiro atoms. The molecule has 23 heavy (non-hydrogen) atoms. The van der Waals surface area contributed by atoms with Crippen molar-refractivity contribution in [3.63, 3.8) is 0 Å². The second-order valence-corrected chi connectivity index (χ2v) is 7.56. The maximum Gasteiger partial charge on any atom is 0.243 e. The summed E-state index contributed by atoms with van der Waals surface area (Å²) >= 11 is 0. The number of ether oxygens (including phenoxy) is 1. The SMILES string of the molecule is CCC(=O)N1CCN(S(=O)(=O)c2ccc(OC)c(C)c2C)CC1. The largest absolute Gasteiger partial charge is 0.496 e. The Bertz CT molecular complexity index is 692. The zero-order valence-electron chi connectivity index (χ0n) is 14.1. The van der Waals surface area contributed by atoms with Crippen molar-refractivity contribution in [1.82, 2.24) is 9.21 Å². The van der Waals surface area contributed by atoms with Gasteiger partial charge < -0.3 is 9.64 Å². The molecule has 0 radical (unpaired) electrons. The molecule has 0 saturated carbocycles. The van der Waals surface area contributed by atoms with Gasteiger partial charge in [-0.2, -0.15) is 4.31 Å². The molecule has 2 rings (SSSR count). The molecule has 0 unspecified atom stereocenters. The number of piperazine rings is 1. The maximum absolute atomic E-state index is 12.9. The van der Waals surface area contributed by atoms with Gasteiger partial charge in [0.25, 0.3) is 0 Å². The molecular weight excluding hydrogens is 316 g/mol. The molecule has 0 bridgehead atoms. The van der Waals surface area contributed by atoms with E-state index in [9.17, 15) is 13.2 Å². The molecule has 0 atom stereocenters. The number of carbonyl (C=O) groups excluding carboxylic acids is 1. The lowest BCUT2D eigenvalue weighted by Gasteiger charge is -2.34. The minimum Gasteiger partial charge on any atom is -0.496 e. The maximum atomic E-state index is 12.9. The highest BCUT2D eigenvalue weighted by atomic mass is 32.2. The van der Waals surface area contributed by atoms with E-state index in [4.69, 9.17) is 4.74 Å². The van der Waals surface area contributed by atoms with Crippen LogP contribution < -0.4 is 4.74 Å². The summed E-state index contributed by atoms with van der Waals surface area (Å²) in [5.41, 5.74) is 1.53. The summed E-state index contributed by atoms with van der Waals surface area (Å²) in [5, 5.41) is 0. The van der Waals surface area contributed by atoms with Gasteiger partial charge in [-0.3, -0.25) is 4.79 Å². The highest BCUT2D eigenvalue weighted by Crippen LogP contribution is 2.29. The molecule has 1 heterocycles. The van der Waals surface area contributed by atoms with Crippen LogP contribution in [0.25, 0.3) is 0 Å². The van der Waals surface area contributed by atoms with Gasteiger partial charge in [-0.05, 0) is 37.1 Å². The summed E-state index contributed by atoms with van der Waals surface area (Å²) in [6.07, 6.45) is 0.448. The Labute approximate surface area is 138 Å². The first-order chi connectivity index (χ1) is 10.8. The van der Waals surface area contributed by atoms with Gasteiger partial charge in [0.1, 0.15) is 5.75 Å². The van der Waals surface area contributed by atoms with E-state index in [0.29, 0.717) is 48.8 Å². The van der Waals surface area contributed by atoms with Crippen molar-refractivity contribution in [3.05, 3.63) is 23.3 Å². The predicted octanol–water partition coefficient (Wildman–Crippen LogP) is 1.55. The van der Waals surface area contributed by atoms with Crippen LogP contribution in [0, 0.1) is 13.8 Å². The Morgan fingerprint density at radius 1 is 1.13 bits per heavy atom. The van der Waals surface area contributed by atoms with Crippen LogP contribution in [-0.4, -0.2) is 56.8 Å². The molecule has 128 valence electrons. The van der Waals surface area contributed by atoms with E-state index in [0.717, 1.165) is 5.56 Å². The summed E-state index contributed by atoms with van der Waals surface area (Å²) in [5.74, 6) is 0.748. The Kier molecular flexibility index (Phi) is 5.31. The number of amides is 1. The third kappa shape index (κ3) is 3.35. The highest BCUT2D eigenvalue weighted by molar-refractivity contribution is 7.89. The van der Waals surface area contributed by atoms with Gasteiger partial charge in [-0.25, -0.2) is 8.42 Å². The summed E-state index contributed by atoms with van der Waals surface area (Å²) in [6.45, 7) is 7.01. The summed E-state index contributed by atoms with van der Waals surface area (Å²) in [7, 11) is -1.99. The average Bonchev–Trinajstić information content (AvgIpc) is 2.56. The second-order valence-electron chi connectivity index (χ2n) is 5.65. The zero-order valence-corrected chi connectivity index (χ0v) is 14.9. The standard InChI is InChI=1S/C16H24N2O4S/c1-5-16(19)17-8-10-18(11-9-17)23(20,21)15-7-6-14(22-4)12(2)13(15)3/h6-7H,5,8-11H2,1-4H3. The van der Waals surface area contributed by atoms with Gasteiger partial charge in [-0.15, -0.1) is 0 Å². The molecule has 1 aliphatic rings. The highest BCUT2D eigenvalue weighted by Gasteiger charge is 2.31. The smallest absolute Gasteiger partial charge is 0.243 e. The van der Waals surface area contributed by atoms with Crippen molar-refractivity contribution < 1.29 is 17.9 Å². The van der Waals surface area contributed by atoms with Crippen molar-refractivity contribution >= 4 is 15.9 Å². The number of rotatable bonds is 4. The zero-order chi connectivity index (χ0) is 17.2. The van der Waals surface area contributed by atoms with Crippen LogP contribution >= 0.6 is 0 Å². The van der Waals surface area contributed by atoms with Crippen LogP contribution in [0.4, 0.5) is 0 Å². The summed E-state index contributed by atoms with van der Waals surface area (Å²) in [6, 6.07) is 3.28. The first-order valence-corrected chi connectivity index (χ1v) is 9.19. The topological polar surface area (TPSA) is 66.9 Å². The lowest BCUT2D eigenvalue weighted by atomic mass is 10.1. The average molecular weight is 340 g/mol. The normalized spacial score (nSPS) is 16.4. The minimum absolute atomic E-state index is 0.0681. The number of nitrogens with zero attached hydrogens (tertiary/aromatic N) is 2. The lowest BCUT2D eigenvalue weighted by molar-refractivity contribution is -0.132. The quantitative estimate of drug-likeness (QED) is 0.834. The molecule has 0 aliphatic carbocycles. The predicted molar refractivity (Wildman–Crippen MR) is 88.1 cm³/mol. The number of hydrogen-bond acceptors (Lipinski definition) is 4. The van der Waals surface area contributed by atoms with Crippen molar-refractivity contribution in [2.75, 3.05) is 33.3 Å². The van der Waals surface area contributed by atoms with Crippen LogP contribution in [0.3, 0.4) is 0 Å². The molecule has 0 N–H and O–H groups in total. The Morgan fingerprint density at radius 2 is 1.74 bits per heavy atom. The van der Waals surface area contributed by atoms with Crippen LogP contribution in [0.15, 0.2) is 17.0 Å². The third-order valence-corrected chi connectivity index (χ3v) is 6.46. The van der Waals surface area contributed by atoms with Gasteiger partial charge in [0.05, 0.1) is 12.0 Å². The van der Waals surface area contributed by atoms with Crippen molar-refractivity contribution in [3.8, 4) is 5.75 Å². The van der Waals surface area contributed by atoms with Crippen molar-refractivity contribution in [1.29, 1.82) is 0 Å². The first kappa shape index (κ1) is 17.7. The lowest BCUT2D eigenvalue weighted by Crippen LogP contribution is -2.50. The van der Waals surface area contributed by atoms with Gasteiger partial charge >= 0.3 is 0 Å². The molecule has 0 aromatic heterocycles. The van der Waals surface area contributed by atoms with Crippen LogP contribution in [0.5, 0.6) is 5.75 Å². The molecule has 1 amide bonds. The van der Waals surface area contributed by atoms with Crippen LogP contribution in [-0.2, 0) is 14.8 Å².